The van der Waals surface area contributed by atoms with Gasteiger partial charge in [-0.15, -0.1) is 0 Å². The Morgan fingerprint density at radius 2 is 1.94 bits per heavy atom. The first-order valence-electron chi connectivity index (χ1n) is 7.04. The van der Waals surface area contributed by atoms with Gasteiger partial charge >= 0.3 is 0 Å². The maximum Gasteiger partial charge on any atom is 0.119 e. The van der Waals surface area contributed by atoms with Crippen molar-refractivity contribution < 1.29 is 4.74 Å². The van der Waals surface area contributed by atoms with Crippen molar-refractivity contribution in [1.29, 1.82) is 0 Å². The van der Waals surface area contributed by atoms with Crippen LogP contribution in [0.3, 0.4) is 0 Å². The average Bonchev–Trinajstić information content (AvgIpc) is 2.42. The molecule has 0 aliphatic carbocycles. The molecule has 0 saturated carbocycles. The molecule has 1 aromatic rings. The van der Waals surface area contributed by atoms with E-state index in [0.29, 0.717) is 6.04 Å². The van der Waals surface area contributed by atoms with E-state index >= 15 is 0 Å². The Bertz CT molecular complexity index is 331. The molecule has 1 fully saturated rings. The summed E-state index contributed by atoms with van der Waals surface area (Å²) in [5.41, 5.74) is 1.37. The molecule has 0 radical (unpaired) electrons. The van der Waals surface area contributed by atoms with Crippen molar-refractivity contribution in [2.75, 3.05) is 26.2 Å². The number of ether oxygens (including phenoxy) is 1. The number of piperidine rings is 1. The van der Waals surface area contributed by atoms with Crippen molar-refractivity contribution >= 4 is 0 Å². The zero-order valence-corrected chi connectivity index (χ0v) is 11.2. The van der Waals surface area contributed by atoms with E-state index in [1.54, 1.807) is 0 Å². The lowest BCUT2D eigenvalue weighted by Crippen LogP contribution is -2.40. The fourth-order valence-corrected chi connectivity index (χ4v) is 2.37. The van der Waals surface area contributed by atoms with Gasteiger partial charge in [-0.25, -0.2) is 0 Å². The van der Waals surface area contributed by atoms with E-state index in [4.69, 9.17) is 4.74 Å². The Hall–Kier alpha value is -1.06. The SMILES string of the molecule is CCOc1ccc(CCNC2CCNCC2)cc1. The smallest absolute Gasteiger partial charge is 0.119 e. The van der Waals surface area contributed by atoms with E-state index in [-0.39, 0.29) is 0 Å². The zero-order valence-electron chi connectivity index (χ0n) is 11.2. The number of rotatable bonds is 6. The topological polar surface area (TPSA) is 33.3 Å². The van der Waals surface area contributed by atoms with E-state index in [0.717, 1.165) is 38.4 Å². The number of hydrogen-bond donors (Lipinski definition) is 2. The Morgan fingerprint density at radius 1 is 1.22 bits per heavy atom. The van der Waals surface area contributed by atoms with Crippen molar-refractivity contribution in [3.63, 3.8) is 0 Å². The first kappa shape index (κ1) is 13.4. The minimum absolute atomic E-state index is 0.703. The second-order valence-corrected chi connectivity index (χ2v) is 4.81. The quantitative estimate of drug-likeness (QED) is 0.807. The van der Waals surface area contributed by atoms with Crippen LogP contribution in [0.15, 0.2) is 24.3 Å². The molecule has 3 heteroatoms. The molecule has 100 valence electrons. The molecule has 0 aromatic heterocycles. The van der Waals surface area contributed by atoms with Gasteiger partial charge in [-0.05, 0) is 63.5 Å². The molecular weight excluding hydrogens is 224 g/mol. The zero-order chi connectivity index (χ0) is 12.6. The summed E-state index contributed by atoms with van der Waals surface area (Å²) in [6, 6.07) is 9.14. The number of hydrogen-bond acceptors (Lipinski definition) is 3. The third kappa shape index (κ3) is 4.31. The van der Waals surface area contributed by atoms with Crippen molar-refractivity contribution in [3.05, 3.63) is 29.8 Å². The van der Waals surface area contributed by atoms with Gasteiger partial charge in [0.2, 0.25) is 0 Å². The number of nitrogens with one attached hydrogen (secondary N) is 2. The summed E-state index contributed by atoms with van der Waals surface area (Å²) in [6.07, 6.45) is 3.60. The predicted octanol–water partition coefficient (Wildman–Crippen LogP) is 1.97. The van der Waals surface area contributed by atoms with E-state index in [1.165, 1.54) is 18.4 Å². The number of benzene rings is 1. The van der Waals surface area contributed by atoms with E-state index in [1.807, 2.05) is 6.92 Å². The van der Waals surface area contributed by atoms with E-state index in [2.05, 4.69) is 34.9 Å². The van der Waals surface area contributed by atoms with Crippen LogP contribution in [0, 0.1) is 0 Å². The van der Waals surface area contributed by atoms with Crippen LogP contribution < -0.4 is 15.4 Å². The fourth-order valence-electron chi connectivity index (χ4n) is 2.37. The average molecular weight is 248 g/mol. The van der Waals surface area contributed by atoms with E-state index < -0.39 is 0 Å². The van der Waals surface area contributed by atoms with Gasteiger partial charge in [-0.3, -0.25) is 0 Å². The minimum Gasteiger partial charge on any atom is -0.494 e. The lowest BCUT2D eigenvalue weighted by molar-refractivity contribution is 0.340. The van der Waals surface area contributed by atoms with Gasteiger partial charge in [0.1, 0.15) is 5.75 Å². The third-order valence-corrected chi connectivity index (χ3v) is 3.42. The van der Waals surface area contributed by atoms with Crippen LogP contribution >= 0.6 is 0 Å². The molecule has 2 N–H and O–H groups in total. The van der Waals surface area contributed by atoms with Gasteiger partial charge in [0.15, 0.2) is 0 Å². The summed E-state index contributed by atoms with van der Waals surface area (Å²) >= 11 is 0. The molecule has 1 aliphatic heterocycles. The summed E-state index contributed by atoms with van der Waals surface area (Å²) < 4.78 is 5.44. The highest BCUT2D eigenvalue weighted by Crippen LogP contribution is 2.12. The Balaban J connectivity index is 1.69. The van der Waals surface area contributed by atoms with Crippen molar-refractivity contribution in [1.82, 2.24) is 10.6 Å². The van der Waals surface area contributed by atoms with Crippen LogP contribution in [0.5, 0.6) is 5.75 Å². The third-order valence-electron chi connectivity index (χ3n) is 3.42. The lowest BCUT2D eigenvalue weighted by atomic mass is 10.1. The minimum atomic E-state index is 0.703. The molecule has 1 saturated heterocycles. The second-order valence-electron chi connectivity index (χ2n) is 4.81. The molecular formula is C15H24N2O. The Morgan fingerprint density at radius 3 is 2.61 bits per heavy atom. The van der Waals surface area contributed by atoms with Crippen LogP contribution in [0.4, 0.5) is 0 Å². The maximum atomic E-state index is 5.44. The molecule has 0 spiro atoms. The van der Waals surface area contributed by atoms with Gasteiger partial charge in [0.25, 0.3) is 0 Å². The molecule has 1 aliphatic rings. The van der Waals surface area contributed by atoms with Gasteiger partial charge in [-0.2, -0.15) is 0 Å². The Labute approximate surface area is 110 Å². The van der Waals surface area contributed by atoms with Crippen LogP contribution in [0.2, 0.25) is 0 Å². The molecule has 0 bridgehead atoms. The Kier molecular flexibility index (Phi) is 5.49. The molecule has 1 heterocycles. The molecule has 3 nitrogen and oxygen atoms in total. The lowest BCUT2D eigenvalue weighted by Gasteiger charge is -2.23. The highest BCUT2D eigenvalue weighted by Gasteiger charge is 2.11. The normalized spacial score (nSPS) is 16.7. The first-order valence-corrected chi connectivity index (χ1v) is 7.04. The van der Waals surface area contributed by atoms with Crippen LogP contribution in [0.25, 0.3) is 0 Å². The standard InChI is InChI=1S/C15H24N2O/c1-2-18-15-5-3-13(4-6-15)7-12-17-14-8-10-16-11-9-14/h3-6,14,16-17H,2,7-12H2,1H3. The maximum absolute atomic E-state index is 5.44. The van der Waals surface area contributed by atoms with Crippen LogP contribution in [-0.2, 0) is 6.42 Å². The van der Waals surface area contributed by atoms with Crippen LogP contribution in [-0.4, -0.2) is 32.3 Å². The molecule has 18 heavy (non-hydrogen) atoms. The van der Waals surface area contributed by atoms with Crippen molar-refractivity contribution in [2.45, 2.75) is 32.2 Å². The van der Waals surface area contributed by atoms with E-state index in [9.17, 15) is 0 Å². The van der Waals surface area contributed by atoms with Crippen molar-refractivity contribution in [2.24, 2.45) is 0 Å². The van der Waals surface area contributed by atoms with Crippen molar-refractivity contribution in [3.8, 4) is 5.75 Å². The van der Waals surface area contributed by atoms with Gasteiger partial charge in [0.05, 0.1) is 6.61 Å². The molecule has 0 unspecified atom stereocenters. The summed E-state index contributed by atoms with van der Waals surface area (Å²) in [4.78, 5) is 0. The predicted molar refractivity (Wildman–Crippen MR) is 75.2 cm³/mol. The van der Waals surface area contributed by atoms with Gasteiger partial charge < -0.3 is 15.4 Å². The molecule has 1 aromatic carbocycles. The summed E-state index contributed by atoms with van der Waals surface area (Å²) in [5, 5.41) is 7.03. The largest absolute Gasteiger partial charge is 0.494 e. The van der Waals surface area contributed by atoms with Gasteiger partial charge in [-0.1, -0.05) is 12.1 Å². The second kappa shape index (κ2) is 7.39. The summed E-state index contributed by atoms with van der Waals surface area (Å²) in [7, 11) is 0. The summed E-state index contributed by atoms with van der Waals surface area (Å²) in [6.45, 7) is 6.12. The monoisotopic (exact) mass is 248 g/mol. The fraction of sp³-hybridized carbons (Fsp3) is 0.600. The molecule has 0 atom stereocenters. The highest BCUT2D eigenvalue weighted by molar-refractivity contribution is 5.27. The van der Waals surface area contributed by atoms with Gasteiger partial charge in [0, 0.05) is 6.04 Å². The first-order chi connectivity index (χ1) is 8.88. The van der Waals surface area contributed by atoms with Crippen LogP contribution in [0.1, 0.15) is 25.3 Å². The molecule has 0 amide bonds. The summed E-state index contributed by atoms with van der Waals surface area (Å²) in [5.74, 6) is 0.965. The molecule has 2 rings (SSSR count). The highest BCUT2D eigenvalue weighted by atomic mass is 16.5.